The number of benzene rings is 1. The zero-order chi connectivity index (χ0) is 14.2. The number of fused-ring (bicyclic) bond motifs is 1. The molecule has 0 aromatic heterocycles. The van der Waals surface area contributed by atoms with Crippen LogP contribution < -0.4 is 9.64 Å². The van der Waals surface area contributed by atoms with Crippen molar-refractivity contribution in [2.75, 3.05) is 11.4 Å². The summed E-state index contributed by atoms with van der Waals surface area (Å²) in [5.74, 6) is -0.325. The van der Waals surface area contributed by atoms with Crippen LogP contribution in [0.5, 0.6) is 5.75 Å². The molecular formula is C14H17NO4. The van der Waals surface area contributed by atoms with Crippen LogP contribution in [0.4, 0.5) is 5.69 Å². The van der Waals surface area contributed by atoms with Gasteiger partial charge in [0.25, 0.3) is 0 Å². The van der Waals surface area contributed by atoms with Gasteiger partial charge in [-0.2, -0.15) is 0 Å². The second-order valence-corrected chi connectivity index (χ2v) is 4.83. The molecule has 19 heavy (non-hydrogen) atoms. The molecular weight excluding hydrogens is 246 g/mol. The molecule has 0 saturated heterocycles. The van der Waals surface area contributed by atoms with Crippen molar-refractivity contribution >= 4 is 17.4 Å². The molecule has 0 radical (unpaired) electrons. The lowest BCUT2D eigenvalue weighted by atomic mass is 10.1. The minimum absolute atomic E-state index is 0.0515. The molecule has 1 aromatic rings. The van der Waals surface area contributed by atoms with Gasteiger partial charge in [0.15, 0.2) is 5.78 Å². The van der Waals surface area contributed by atoms with E-state index in [1.165, 1.54) is 6.92 Å². The van der Waals surface area contributed by atoms with Gasteiger partial charge in [0.05, 0.1) is 12.2 Å². The molecule has 1 aliphatic rings. The predicted octanol–water partition coefficient (Wildman–Crippen LogP) is 1.95. The second kappa shape index (κ2) is 4.91. The number of hydrogen-bond donors (Lipinski definition) is 1. The summed E-state index contributed by atoms with van der Waals surface area (Å²) in [5.41, 5.74) is 1.22. The highest BCUT2D eigenvalue weighted by molar-refractivity contribution is 5.96. The van der Waals surface area contributed by atoms with Crippen molar-refractivity contribution in [2.24, 2.45) is 0 Å². The molecule has 2 rings (SSSR count). The Morgan fingerprint density at radius 2 is 2.16 bits per heavy atom. The molecule has 0 amide bonds. The molecule has 1 N–H and O–H groups in total. The Morgan fingerprint density at radius 3 is 2.74 bits per heavy atom. The van der Waals surface area contributed by atoms with E-state index in [2.05, 4.69) is 0 Å². The first-order valence-electron chi connectivity index (χ1n) is 6.21. The van der Waals surface area contributed by atoms with Crippen molar-refractivity contribution in [3.8, 4) is 5.75 Å². The molecule has 1 aliphatic heterocycles. The van der Waals surface area contributed by atoms with Gasteiger partial charge in [-0.05, 0) is 39.0 Å². The number of nitrogens with zero attached hydrogens (tertiary/aromatic N) is 1. The summed E-state index contributed by atoms with van der Waals surface area (Å²) < 4.78 is 5.68. The van der Waals surface area contributed by atoms with Crippen LogP contribution in [0.1, 0.15) is 31.1 Å². The molecule has 0 spiro atoms. The lowest BCUT2D eigenvalue weighted by Crippen LogP contribution is -2.47. The molecule has 1 heterocycles. The van der Waals surface area contributed by atoms with Crippen LogP contribution in [-0.2, 0) is 4.79 Å². The van der Waals surface area contributed by atoms with Crippen molar-refractivity contribution in [1.29, 1.82) is 0 Å². The number of ketones is 1. The lowest BCUT2D eigenvalue weighted by Gasteiger charge is -2.37. The number of anilines is 1. The molecule has 5 heteroatoms. The zero-order valence-corrected chi connectivity index (χ0v) is 11.2. The maximum Gasteiger partial charge on any atom is 0.326 e. The first-order valence-corrected chi connectivity index (χ1v) is 6.21. The standard InChI is InChI=1S/C14H17NO4/c1-8-7-15(9(2)14(17)18)12-6-11(10(3)16)4-5-13(12)19-8/h4-6,8-9H,7H2,1-3H3,(H,17,18). The third kappa shape index (κ3) is 2.54. The van der Waals surface area contributed by atoms with E-state index in [4.69, 9.17) is 4.74 Å². The Bertz CT molecular complexity index is 526. The highest BCUT2D eigenvalue weighted by Crippen LogP contribution is 2.35. The van der Waals surface area contributed by atoms with Gasteiger partial charge in [-0.15, -0.1) is 0 Å². The quantitative estimate of drug-likeness (QED) is 0.844. The van der Waals surface area contributed by atoms with Crippen molar-refractivity contribution in [3.63, 3.8) is 0 Å². The van der Waals surface area contributed by atoms with Crippen LogP contribution in [0.25, 0.3) is 0 Å². The first-order chi connectivity index (χ1) is 8.90. The molecule has 0 bridgehead atoms. The summed E-state index contributed by atoms with van der Waals surface area (Å²) >= 11 is 0. The second-order valence-electron chi connectivity index (χ2n) is 4.83. The Hall–Kier alpha value is -2.04. The summed E-state index contributed by atoms with van der Waals surface area (Å²) in [7, 11) is 0. The highest BCUT2D eigenvalue weighted by Gasteiger charge is 2.30. The van der Waals surface area contributed by atoms with Crippen molar-refractivity contribution in [2.45, 2.75) is 32.9 Å². The zero-order valence-electron chi connectivity index (χ0n) is 11.2. The lowest BCUT2D eigenvalue weighted by molar-refractivity contribution is -0.138. The Kier molecular flexibility index (Phi) is 3.46. The van der Waals surface area contributed by atoms with Crippen LogP contribution in [0.3, 0.4) is 0 Å². The van der Waals surface area contributed by atoms with E-state index >= 15 is 0 Å². The molecule has 0 fully saturated rings. The van der Waals surface area contributed by atoms with Gasteiger partial charge in [-0.25, -0.2) is 4.79 Å². The number of aliphatic carboxylic acids is 1. The number of ether oxygens (including phenoxy) is 1. The van der Waals surface area contributed by atoms with E-state index in [9.17, 15) is 14.7 Å². The number of carbonyl (C=O) groups is 2. The topological polar surface area (TPSA) is 66.8 Å². The van der Waals surface area contributed by atoms with Crippen molar-refractivity contribution < 1.29 is 19.4 Å². The van der Waals surface area contributed by atoms with Crippen LogP contribution >= 0.6 is 0 Å². The minimum Gasteiger partial charge on any atom is -0.487 e. The average molecular weight is 263 g/mol. The smallest absolute Gasteiger partial charge is 0.326 e. The predicted molar refractivity (Wildman–Crippen MR) is 71.0 cm³/mol. The summed E-state index contributed by atoms with van der Waals surface area (Å²) in [4.78, 5) is 24.4. The van der Waals surface area contributed by atoms with E-state index in [-0.39, 0.29) is 11.9 Å². The summed E-state index contributed by atoms with van der Waals surface area (Å²) in [6.45, 7) is 5.49. The summed E-state index contributed by atoms with van der Waals surface area (Å²) in [6.07, 6.45) is -0.0857. The van der Waals surface area contributed by atoms with E-state index < -0.39 is 12.0 Å². The Balaban J connectivity index is 2.47. The minimum atomic E-state index is -0.895. The molecule has 0 saturated carbocycles. The number of Topliss-reactive ketones (excluding diaryl/α,β-unsaturated/α-hetero) is 1. The third-order valence-electron chi connectivity index (χ3n) is 3.28. The van der Waals surface area contributed by atoms with Gasteiger partial charge in [0, 0.05) is 5.56 Å². The number of rotatable bonds is 3. The number of carbonyl (C=O) groups excluding carboxylic acids is 1. The molecule has 2 unspecified atom stereocenters. The van der Waals surface area contributed by atoms with Crippen LogP contribution in [0.15, 0.2) is 18.2 Å². The molecule has 1 aromatic carbocycles. The number of hydrogen-bond acceptors (Lipinski definition) is 4. The monoisotopic (exact) mass is 263 g/mol. The van der Waals surface area contributed by atoms with E-state index in [1.807, 2.05) is 6.92 Å². The fraction of sp³-hybridized carbons (Fsp3) is 0.429. The Labute approximate surface area is 111 Å². The van der Waals surface area contributed by atoms with Crippen molar-refractivity contribution in [1.82, 2.24) is 0 Å². The maximum absolute atomic E-state index is 11.4. The van der Waals surface area contributed by atoms with Crippen LogP contribution in [-0.4, -0.2) is 35.5 Å². The van der Waals surface area contributed by atoms with Gasteiger partial charge >= 0.3 is 5.97 Å². The molecule has 5 nitrogen and oxygen atoms in total. The van der Waals surface area contributed by atoms with E-state index in [0.717, 1.165) is 0 Å². The maximum atomic E-state index is 11.4. The highest BCUT2D eigenvalue weighted by atomic mass is 16.5. The van der Waals surface area contributed by atoms with Crippen LogP contribution in [0, 0.1) is 0 Å². The van der Waals surface area contributed by atoms with Crippen molar-refractivity contribution in [3.05, 3.63) is 23.8 Å². The Morgan fingerprint density at radius 1 is 1.47 bits per heavy atom. The van der Waals surface area contributed by atoms with E-state index in [1.54, 1.807) is 30.0 Å². The van der Waals surface area contributed by atoms with Gasteiger partial charge < -0.3 is 14.7 Å². The first kappa shape index (κ1) is 13.4. The van der Waals surface area contributed by atoms with Gasteiger partial charge in [0.1, 0.15) is 17.9 Å². The van der Waals surface area contributed by atoms with Gasteiger partial charge in [-0.1, -0.05) is 0 Å². The largest absolute Gasteiger partial charge is 0.487 e. The van der Waals surface area contributed by atoms with Gasteiger partial charge in [0.2, 0.25) is 0 Å². The molecule has 102 valence electrons. The van der Waals surface area contributed by atoms with Gasteiger partial charge in [-0.3, -0.25) is 4.79 Å². The number of carboxylic acid groups (broad SMARTS) is 1. The fourth-order valence-electron chi connectivity index (χ4n) is 2.19. The normalized spacial score (nSPS) is 19.3. The third-order valence-corrected chi connectivity index (χ3v) is 3.28. The van der Waals surface area contributed by atoms with Crippen LogP contribution in [0.2, 0.25) is 0 Å². The SMILES string of the molecule is CC(=O)c1ccc2c(c1)N(C(C)C(=O)O)CC(C)O2. The summed E-state index contributed by atoms with van der Waals surface area (Å²) in [6, 6.07) is 4.46. The molecule has 2 atom stereocenters. The molecule has 0 aliphatic carbocycles. The average Bonchev–Trinajstić information content (AvgIpc) is 2.35. The summed E-state index contributed by atoms with van der Waals surface area (Å²) in [5, 5.41) is 9.18. The number of carboxylic acids is 1. The van der Waals surface area contributed by atoms with E-state index in [0.29, 0.717) is 23.5 Å². The fourth-order valence-corrected chi connectivity index (χ4v) is 2.19.